The van der Waals surface area contributed by atoms with Crippen LogP contribution in [0.5, 0.6) is 0 Å². The highest BCUT2D eigenvalue weighted by Crippen LogP contribution is 2.24. The quantitative estimate of drug-likeness (QED) is 0.359. The standard InChI is InChI=1S/C22H27ClN4O3/c1-14(2)15-3-6-17(7-4-15)27(11-12-28)21(30)10-9-20(29)26-19-8-5-16(22(24)25)13-18(19)23/h3-8,13-14,28H,9-12H2,1-2H3,(H3,24,25)(H,26,29). The average Bonchev–Trinajstić information content (AvgIpc) is 2.71. The number of aliphatic hydroxyl groups excluding tert-OH is 1. The highest BCUT2D eigenvalue weighted by Gasteiger charge is 2.17. The van der Waals surface area contributed by atoms with Gasteiger partial charge in [-0.3, -0.25) is 15.0 Å². The number of aliphatic hydroxyl groups is 1. The highest BCUT2D eigenvalue weighted by molar-refractivity contribution is 6.34. The zero-order chi connectivity index (χ0) is 22.3. The molecular formula is C22H27ClN4O3. The first-order valence-electron chi connectivity index (χ1n) is 9.68. The maximum atomic E-state index is 12.7. The van der Waals surface area contributed by atoms with E-state index in [-0.39, 0.29) is 48.7 Å². The van der Waals surface area contributed by atoms with E-state index in [0.29, 0.717) is 22.9 Å². The maximum Gasteiger partial charge on any atom is 0.227 e. The average molecular weight is 431 g/mol. The fraction of sp³-hybridized carbons (Fsp3) is 0.318. The number of halogens is 1. The Hall–Kier alpha value is -2.90. The molecule has 7 nitrogen and oxygen atoms in total. The Morgan fingerprint density at radius 1 is 1.17 bits per heavy atom. The van der Waals surface area contributed by atoms with Crippen LogP contribution < -0.4 is 16.0 Å². The van der Waals surface area contributed by atoms with Gasteiger partial charge >= 0.3 is 0 Å². The third-order valence-corrected chi connectivity index (χ3v) is 4.93. The molecule has 8 heteroatoms. The van der Waals surface area contributed by atoms with Crippen LogP contribution in [0.4, 0.5) is 11.4 Å². The highest BCUT2D eigenvalue weighted by atomic mass is 35.5. The van der Waals surface area contributed by atoms with Crippen molar-refractivity contribution >= 4 is 40.6 Å². The van der Waals surface area contributed by atoms with Gasteiger partial charge < -0.3 is 21.1 Å². The summed E-state index contributed by atoms with van der Waals surface area (Å²) >= 11 is 6.12. The number of amides is 2. The number of amidine groups is 1. The molecule has 0 aliphatic rings. The first-order valence-corrected chi connectivity index (χ1v) is 10.1. The van der Waals surface area contributed by atoms with Crippen molar-refractivity contribution in [1.29, 1.82) is 5.41 Å². The molecule has 2 aromatic carbocycles. The van der Waals surface area contributed by atoms with Gasteiger partial charge in [0.2, 0.25) is 11.8 Å². The number of hydrogen-bond acceptors (Lipinski definition) is 4. The van der Waals surface area contributed by atoms with Crippen LogP contribution in [0, 0.1) is 5.41 Å². The van der Waals surface area contributed by atoms with Crippen molar-refractivity contribution in [2.24, 2.45) is 5.73 Å². The van der Waals surface area contributed by atoms with Crippen molar-refractivity contribution in [3.05, 3.63) is 58.6 Å². The van der Waals surface area contributed by atoms with Gasteiger partial charge in [0.25, 0.3) is 0 Å². The molecule has 0 aliphatic carbocycles. The molecule has 0 aromatic heterocycles. The summed E-state index contributed by atoms with van der Waals surface area (Å²) in [6, 6.07) is 12.2. The van der Waals surface area contributed by atoms with Crippen molar-refractivity contribution in [1.82, 2.24) is 0 Å². The molecule has 160 valence electrons. The molecule has 0 saturated carbocycles. The molecule has 0 aliphatic heterocycles. The van der Waals surface area contributed by atoms with Gasteiger partial charge in [0.05, 0.1) is 17.3 Å². The molecule has 0 bridgehead atoms. The van der Waals surface area contributed by atoms with E-state index in [2.05, 4.69) is 19.2 Å². The first kappa shape index (κ1) is 23.4. The van der Waals surface area contributed by atoms with Crippen LogP contribution >= 0.6 is 11.6 Å². The number of benzene rings is 2. The molecule has 0 fully saturated rings. The van der Waals surface area contributed by atoms with Crippen LogP contribution in [-0.4, -0.2) is 35.9 Å². The normalized spacial score (nSPS) is 10.7. The third kappa shape index (κ3) is 6.30. The number of nitrogens with zero attached hydrogens (tertiary/aromatic N) is 1. The summed E-state index contributed by atoms with van der Waals surface area (Å²) in [6.07, 6.45) is -0.0451. The first-order chi connectivity index (χ1) is 14.2. The number of rotatable bonds is 9. The summed E-state index contributed by atoms with van der Waals surface area (Å²) in [5.74, 6) is -0.360. The number of hydrogen-bond donors (Lipinski definition) is 4. The summed E-state index contributed by atoms with van der Waals surface area (Å²) < 4.78 is 0. The second kappa shape index (κ2) is 10.8. The second-order valence-electron chi connectivity index (χ2n) is 7.17. The number of nitrogen functional groups attached to an aromatic ring is 1. The Kier molecular flexibility index (Phi) is 8.38. The zero-order valence-electron chi connectivity index (χ0n) is 17.1. The van der Waals surface area contributed by atoms with E-state index >= 15 is 0 Å². The SMILES string of the molecule is CC(C)c1ccc(N(CCO)C(=O)CCC(=O)Nc2ccc(C(=N)N)cc2Cl)cc1. The number of nitrogens with one attached hydrogen (secondary N) is 2. The van der Waals surface area contributed by atoms with Gasteiger partial charge in [0.15, 0.2) is 0 Å². The van der Waals surface area contributed by atoms with Gasteiger partial charge in [-0.05, 0) is 41.8 Å². The van der Waals surface area contributed by atoms with E-state index in [1.54, 1.807) is 12.1 Å². The van der Waals surface area contributed by atoms with E-state index in [1.807, 2.05) is 24.3 Å². The molecule has 0 radical (unpaired) electrons. The molecule has 2 aromatic rings. The summed E-state index contributed by atoms with van der Waals surface area (Å²) in [6.45, 7) is 4.15. The van der Waals surface area contributed by atoms with Gasteiger partial charge in [0.1, 0.15) is 5.84 Å². The lowest BCUT2D eigenvalue weighted by atomic mass is 10.0. The van der Waals surface area contributed by atoms with Gasteiger partial charge in [-0.1, -0.05) is 37.6 Å². The maximum absolute atomic E-state index is 12.7. The Bertz CT molecular complexity index is 913. The Morgan fingerprint density at radius 2 is 1.83 bits per heavy atom. The van der Waals surface area contributed by atoms with Gasteiger partial charge in [-0.25, -0.2) is 0 Å². The summed E-state index contributed by atoms with van der Waals surface area (Å²) in [7, 11) is 0. The van der Waals surface area contributed by atoms with Gasteiger partial charge in [0, 0.05) is 30.6 Å². The van der Waals surface area contributed by atoms with Crippen molar-refractivity contribution in [2.45, 2.75) is 32.6 Å². The minimum Gasteiger partial charge on any atom is -0.395 e. The van der Waals surface area contributed by atoms with Crippen LogP contribution in [0.3, 0.4) is 0 Å². The summed E-state index contributed by atoms with van der Waals surface area (Å²) in [4.78, 5) is 26.4. The van der Waals surface area contributed by atoms with Gasteiger partial charge in [-0.2, -0.15) is 0 Å². The molecule has 0 unspecified atom stereocenters. The number of anilines is 2. The molecule has 30 heavy (non-hydrogen) atoms. The predicted molar refractivity (Wildman–Crippen MR) is 120 cm³/mol. The van der Waals surface area contributed by atoms with E-state index < -0.39 is 0 Å². The Labute approximate surface area is 181 Å². The topological polar surface area (TPSA) is 120 Å². The Morgan fingerprint density at radius 3 is 2.37 bits per heavy atom. The molecule has 0 atom stereocenters. The van der Waals surface area contributed by atoms with Crippen LogP contribution in [-0.2, 0) is 9.59 Å². The van der Waals surface area contributed by atoms with Crippen molar-refractivity contribution in [3.8, 4) is 0 Å². The van der Waals surface area contributed by atoms with Crippen LogP contribution in [0.2, 0.25) is 5.02 Å². The number of carbonyl (C=O) groups is 2. The Balaban J connectivity index is 1.99. The largest absolute Gasteiger partial charge is 0.395 e. The fourth-order valence-electron chi connectivity index (χ4n) is 2.89. The van der Waals surface area contributed by atoms with Crippen molar-refractivity contribution in [3.63, 3.8) is 0 Å². The van der Waals surface area contributed by atoms with Gasteiger partial charge in [-0.15, -0.1) is 0 Å². The third-order valence-electron chi connectivity index (χ3n) is 4.62. The summed E-state index contributed by atoms with van der Waals surface area (Å²) in [5, 5.41) is 19.7. The lowest BCUT2D eigenvalue weighted by Crippen LogP contribution is -2.34. The summed E-state index contributed by atoms with van der Waals surface area (Å²) in [5.41, 5.74) is 8.09. The van der Waals surface area contributed by atoms with Crippen molar-refractivity contribution < 1.29 is 14.7 Å². The molecule has 0 spiro atoms. The van der Waals surface area contributed by atoms with E-state index in [4.69, 9.17) is 22.7 Å². The molecule has 2 rings (SSSR count). The van der Waals surface area contributed by atoms with Crippen molar-refractivity contribution in [2.75, 3.05) is 23.4 Å². The fourth-order valence-corrected chi connectivity index (χ4v) is 3.12. The zero-order valence-corrected chi connectivity index (χ0v) is 17.9. The lowest BCUT2D eigenvalue weighted by molar-refractivity contribution is -0.122. The molecule has 0 heterocycles. The molecule has 5 N–H and O–H groups in total. The van der Waals surface area contributed by atoms with E-state index in [1.165, 1.54) is 11.0 Å². The minimum atomic E-state index is -0.361. The predicted octanol–water partition coefficient (Wildman–Crippen LogP) is 3.49. The molecule has 0 saturated heterocycles. The molecule has 2 amide bonds. The van der Waals surface area contributed by atoms with E-state index in [0.717, 1.165) is 5.56 Å². The lowest BCUT2D eigenvalue weighted by Gasteiger charge is -2.22. The number of nitrogens with two attached hydrogens (primary N) is 1. The van der Waals surface area contributed by atoms with Crippen LogP contribution in [0.25, 0.3) is 0 Å². The monoisotopic (exact) mass is 430 g/mol. The number of carbonyl (C=O) groups excluding carboxylic acids is 2. The van der Waals surface area contributed by atoms with Crippen LogP contribution in [0.1, 0.15) is 43.7 Å². The van der Waals surface area contributed by atoms with Crippen LogP contribution in [0.15, 0.2) is 42.5 Å². The minimum absolute atomic E-state index is 0.0130. The molecular weight excluding hydrogens is 404 g/mol. The smallest absolute Gasteiger partial charge is 0.227 e. The second-order valence-corrected chi connectivity index (χ2v) is 7.58. The van der Waals surface area contributed by atoms with E-state index in [9.17, 15) is 14.7 Å².